The summed E-state index contributed by atoms with van der Waals surface area (Å²) >= 11 is 5.98. The number of rotatable bonds is 7. The van der Waals surface area contributed by atoms with Crippen LogP contribution in [0.25, 0.3) is 0 Å². The highest BCUT2D eigenvalue weighted by molar-refractivity contribution is 6.30. The van der Waals surface area contributed by atoms with E-state index in [-0.39, 0.29) is 29.8 Å². The molecule has 41 heavy (non-hydrogen) atoms. The number of halogens is 4. The maximum absolute atomic E-state index is 13.0. The predicted molar refractivity (Wildman–Crippen MR) is 150 cm³/mol. The first kappa shape index (κ1) is 31.4. The number of nitrogens with one attached hydrogen (secondary N) is 4. The summed E-state index contributed by atoms with van der Waals surface area (Å²) in [6, 6.07) is 26.9. The van der Waals surface area contributed by atoms with E-state index in [0.29, 0.717) is 36.8 Å². The normalized spacial score (nSPS) is 16.6. The second-order valence-corrected chi connectivity index (χ2v) is 9.76. The van der Waals surface area contributed by atoms with Crippen LogP contribution < -0.4 is 21.3 Å². The van der Waals surface area contributed by atoms with Crippen molar-refractivity contribution in [3.63, 3.8) is 0 Å². The molecule has 2 atom stereocenters. The largest absolute Gasteiger partial charge is 0.490 e. The summed E-state index contributed by atoms with van der Waals surface area (Å²) in [5, 5.41) is 19.8. The van der Waals surface area contributed by atoms with Crippen LogP contribution >= 0.6 is 11.6 Å². The van der Waals surface area contributed by atoms with Gasteiger partial charge in [-0.1, -0.05) is 78.3 Å². The Morgan fingerprint density at radius 3 is 2.05 bits per heavy atom. The van der Waals surface area contributed by atoms with Gasteiger partial charge in [0.1, 0.15) is 0 Å². The monoisotopic (exact) mass is 590 g/mol. The molecule has 0 saturated carbocycles. The number of aliphatic carboxylic acids is 1. The van der Waals surface area contributed by atoms with E-state index >= 15 is 0 Å². The smallest absolute Gasteiger partial charge is 0.475 e. The maximum Gasteiger partial charge on any atom is 0.490 e. The molecule has 1 aliphatic heterocycles. The lowest BCUT2D eigenvalue weighted by Gasteiger charge is -2.30. The lowest BCUT2D eigenvalue weighted by atomic mass is 9.90. The Morgan fingerprint density at radius 2 is 1.51 bits per heavy atom. The fourth-order valence-electron chi connectivity index (χ4n) is 4.32. The van der Waals surface area contributed by atoms with E-state index in [1.807, 2.05) is 36.4 Å². The van der Waals surface area contributed by atoms with Crippen LogP contribution in [0.2, 0.25) is 5.02 Å². The Bertz CT molecular complexity index is 1260. The summed E-state index contributed by atoms with van der Waals surface area (Å²) in [7, 11) is 0. The molecule has 3 amide bonds. The highest BCUT2D eigenvalue weighted by Gasteiger charge is 2.38. The van der Waals surface area contributed by atoms with Gasteiger partial charge < -0.3 is 26.4 Å². The van der Waals surface area contributed by atoms with Crippen LogP contribution in [0.5, 0.6) is 0 Å². The Morgan fingerprint density at radius 1 is 0.927 bits per heavy atom. The first-order valence-corrected chi connectivity index (χ1v) is 13.1. The molecule has 0 radical (unpaired) electrons. The van der Waals surface area contributed by atoms with Crippen LogP contribution in [0.3, 0.4) is 0 Å². The van der Waals surface area contributed by atoms with Crippen molar-refractivity contribution in [3.8, 4) is 0 Å². The minimum absolute atomic E-state index is 0.00823. The van der Waals surface area contributed by atoms with Gasteiger partial charge in [-0.2, -0.15) is 13.2 Å². The van der Waals surface area contributed by atoms with Crippen molar-refractivity contribution >= 4 is 35.2 Å². The third-order valence-electron chi connectivity index (χ3n) is 6.27. The fourth-order valence-corrected chi connectivity index (χ4v) is 4.51. The highest BCUT2D eigenvalue weighted by Crippen LogP contribution is 2.24. The van der Waals surface area contributed by atoms with Gasteiger partial charge in [0.25, 0.3) is 0 Å². The standard InChI is InChI=1S/C27H29ClN4O2.C2HF3O2/c28-22-12-7-13-23(15-22)31-27(34)32-24-14-21(16-29-17-24)26(33)30-18-25(19-8-3-1-4-9-19)20-10-5-2-6-11-20;3-2(4,5)1(6)7/h1-13,15,21,24-25,29H,14,16-18H2,(H,30,33)(H2,31,32,34);(H,6,7)/t21-,24+;/m0./s1. The van der Waals surface area contributed by atoms with Crippen LogP contribution in [0, 0.1) is 5.92 Å². The molecular formula is C29H30ClF3N4O4. The van der Waals surface area contributed by atoms with Crippen LogP contribution in [-0.2, 0) is 9.59 Å². The topological polar surface area (TPSA) is 120 Å². The van der Waals surface area contributed by atoms with Crippen LogP contribution in [-0.4, -0.2) is 54.9 Å². The lowest BCUT2D eigenvalue weighted by molar-refractivity contribution is -0.192. The average molecular weight is 591 g/mol. The molecular weight excluding hydrogens is 561 g/mol. The Labute approximate surface area is 240 Å². The van der Waals surface area contributed by atoms with E-state index in [0.717, 1.165) is 11.1 Å². The van der Waals surface area contributed by atoms with Crippen molar-refractivity contribution in [2.45, 2.75) is 24.6 Å². The zero-order chi connectivity index (χ0) is 29.8. The molecule has 0 bridgehead atoms. The van der Waals surface area contributed by atoms with Gasteiger partial charge in [0.15, 0.2) is 0 Å². The molecule has 0 spiro atoms. The third kappa shape index (κ3) is 10.4. The summed E-state index contributed by atoms with van der Waals surface area (Å²) < 4.78 is 31.7. The SMILES string of the molecule is O=C(Nc1cccc(Cl)c1)N[C@H]1CNC[C@@H](C(=O)NCC(c2ccccc2)c2ccccc2)C1.O=C(O)C(F)(F)F. The number of amides is 3. The zero-order valence-electron chi connectivity index (χ0n) is 21.8. The summed E-state index contributed by atoms with van der Waals surface area (Å²) in [5.41, 5.74) is 2.94. The molecule has 218 valence electrons. The van der Waals surface area contributed by atoms with E-state index in [4.69, 9.17) is 21.5 Å². The quantitative estimate of drug-likeness (QED) is 0.265. The predicted octanol–water partition coefficient (Wildman–Crippen LogP) is 5.02. The number of carboxylic acid groups (broad SMARTS) is 1. The van der Waals surface area contributed by atoms with Crippen molar-refractivity contribution in [1.29, 1.82) is 0 Å². The molecule has 0 aliphatic carbocycles. The number of anilines is 1. The van der Waals surface area contributed by atoms with E-state index in [1.54, 1.807) is 24.3 Å². The molecule has 0 unspecified atom stereocenters. The molecule has 12 heteroatoms. The van der Waals surface area contributed by atoms with E-state index in [2.05, 4.69) is 45.5 Å². The molecule has 1 heterocycles. The lowest BCUT2D eigenvalue weighted by Crippen LogP contribution is -2.53. The fraction of sp³-hybridized carbons (Fsp3) is 0.276. The van der Waals surface area contributed by atoms with Gasteiger partial charge in [-0.05, 0) is 35.7 Å². The number of carboxylic acids is 1. The molecule has 3 aromatic rings. The number of benzene rings is 3. The number of alkyl halides is 3. The number of carbonyl (C=O) groups is 3. The van der Waals surface area contributed by atoms with Crippen LogP contribution in [0.1, 0.15) is 23.5 Å². The number of hydrogen-bond acceptors (Lipinski definition) is 4. The van der Waals surface area contributed by atoms with Gasteiger partial charge in [0.2, 0.25) is 5.91 Å². The average Bonchev–Trinajstić information content (AvgIpc) is 2.94. The second kappa shape index (κ2) is 15.1. The molecule has 0 aromatic heterocycles. The van der Waals surface area contributed by atoms with Gasteiger partial charge in [-0.15, -0.1) is 0 Å². The van der Waals surface area contributed by atoms with Gasteiger partial charge in [-0.25, -0.2) is 9.59 Å². The maximum atomic E-state index is 13.0. The molecule has 1 aliphatic rings. The van der Waals surface area contributed by atoms with Gasteiger partial charge >= 0.3 is 18.2 Å². The second-order valence-electron chi connectivity index (χ2n) is 9.32. The van der Waals surface area contributed by atoms with Crippen LogP contribution in [0.15, 0.2) is 84.9 Å². The summed E-state index contributed by atoms with van der Waals surface area (Å²) in [4.78, 5) is 34.3. The Kier molecular flexibility index (Phi) is 11.5. The molecule has 1 fully saturated rings. The van der Waals surface area contributed by atoms with Gasteiger partial charge in [-0.3, -0.25) is 4.79 Å². The Balaban J connectivity index is 0.000000587. The summed E-state index contributed by atoms with van der Waals surface area (Å²) in [6.07, 6.45) is -4.51. The first-order valence-electron chi connectivity index (χ1n) is 12.7. The molecule has 5 N–H and O–H groups in total. The van der Waals surface area contributed by atoms with Crippen molar-refractivity contribution in [1.82, 2.24) is 16.0 Å². The molecule has 8 nitrogen and oxygen atoms in total. The van der Waals surface area contributed by atoms with Crippen LogP contribution in [0.4, 0.5) is 23.7 Å². The summed E-state index contributed by atoms with van der Waals surface area (Å²) in [5.74, 6) is -2.92. The number of hydrogen-bond donors (Lipinski definition) is 5. The highest BCUT2D eigenvalue weighted by atomic mass is 35.5. The molecule has 4 rings (SSSR count). The van der Waals surface area contributed by atoms with E-state index in [9.17, 15) is 22.8 Å². The minimum Gasteiger partial charge on any atom is -0.475 e. The molecule has 1 saturated heterocycles. The Hall–Kier alpha value is -4.09. The van der Waals surface area contributed by atoms with Crippen molar-refractivity contribution in [2.24, 2.45) is 5.92 Å². The van der Waals surface area contributed by atoms with Gasteiger partial charge in [0, 0.05) is 42.3 Å². The van der Waals surface area contributed by atoms with Crippen molar-refractivity contribution < 1.29 is 32.7 Å². The first-order chi connectivity index (χ1) is 19.5. The summed E-state index contributed by atoms with van der Waals surface area (Å²) in [6.45, 7) is 1.71. The number of piperidine rings is 1. The van der Waals surface area contributed by atoms with Crippen molar-refractivity contribution in [2.75, 3.05) is 25.0 Å². The third-order valence-corrected chi connectivity index (χ3v) is 6.50. The zero-order valence-corrected chi connectivity index (χ0v) is 22.6. The number of urea groups is 1. The van der Waals surface area contributed by atoms with Crippen molar-refractivity contribution in [3.05, 3.63) is 101 Å². The van der Waals surface area contributed by atoms with E-state index in [1.165, 1.54) is 0 Å². The van der Waals surface area contributed by atoms with Gasteiger partial charge in [0.05, 0.1) is 5.92 Å². The minimum atomic E-state index is -5.08. The molecule has 3 aromatic carbocycles. The van der Waals surface area contributed by atoms with E-state index < -0.39 is 12.1 Å². The number of carbonyl (C=O) groups excluding carboxylic acids is 2.